The molecule has 0 spiro atoms. The second kappa shape index (κ2) is 8.33. The molecule has 6 N–H and O–H groups in total. The molecule has 3 aromatic rings. The summed E-state index contributed by atoms with van der Waals surface area (Å²) in [6.45, 7) is -0.0400. The number of aliphatic hydroxyl groups is 2. The fraction of sp³-hybridized carbons (Fsp3) is 0.227. The van der Waals surface area contributed by atoms with Gasteiger partial charge in [-0.2, -0.15) is 0 Å². The fourth-order valence-corrected chi connectivity index (χ4v) is 3.46. The van der Waals surface area contributed by atoms with E-state index in [2.05, 4.69) is 4.98 Å². The monoisotopic (exact) mass is 443 g/mol. The maximum atomic E-state index is 10.6. The van der Waals surface area contributed by atoms with Gasteiger partial charge in [-0.25, -0.2) is 0 Å². The molecular formula is C22H21NO9. The van der Waals surface area contributed by atoms with Crippen molar-refractivity contribution in [2.45, 2.75) is 24.9 Å². The van der Waals surface area contributed by atoms with Gasteiger partial charge in [-0.1, -0.05) is 0 Å². The van der Waals surface area contributed by atoms with Gasteiger partial charge in [0.25, 0.3) is 0 Å². The number of aliphatic hydroxyl groups excluding tert-OH is 2. The first kappa shape index (κ1) is 21.3. The van der Waals surface area contributed by atoms with Gasteiger partial charge in [-0.15, -0.1) is 0 Å². The minimum absolute atomic E-state index is 0.0391. The number of aromatic nitrogens is 1. The van der Waals surface area contributed by atoms with E-state index >= 15 is 0 Å². The van der Waals surface area contributed by atoms with Crippen molar-refractivity contribution in [2.75, 3.05) is 7.11 Å². The average molecular weight is 443 g/mol. The molecule has 0 aliphatic carbocycles. The molecule has 0 fully saturated rings. The molecule has 3 atom stereocenters. The highest BCUT2D eigenvalue weighted by Gasteiger charge is 2.40. The van der Waals surface area contributed by atoms with Crippen molar-refractivity contribution in [2.24, 2.45) is 0 Å². The minimum atomic E-state index is -1.53. The predicted octanol–water partition coefficient (Wildman–Crippen LogP) is 2.02. The number of nitrogens with zero attached hydrogens (tertiary/aromatic N) is 1. The summed E-state index contributed by atoms with van der Waals surface area (Å²) in [7, 11) is 1.51. The van der Waals surface area contributed by atoms with Crippen LogP contribution in [0.1, 0.15) is 29.0 Å². The van der Waals surface area contributed by atoms with E-state index in [1.54, 1.807) is 12.1 Å². The number of methoxy groups -OCH3 is 1. The van der Waals surface area contributed by atoms with Crippen molar-refractivity contribution in [3.05, 3.63) is 59.4 Å². The maximum Gasteiger partial charge on any atom is 0.200 e. The number of hydrogen-bond acceptors (Lipinski definition) is 10. The molecule has 0 radical (unpaired) electrons. The second-order valence-electron chi connectivity index (χ2n) is 7.22. The molecule has 3 unspecified atom stereocenters. The Balaban J connectivity index is 1.63. The Morgan fingerprint density at radius 1 is 1.00 bits per heavy atom. The molecule has 1 aliphatic rings. The van der Waals surface area contributed by atoms with Gasteiger partial charge in [0.15, 0.2) is 17.6 Å². The zero-order valence-electron chi connectivity index (χ0n) is 16.8. The first-order valence-electron chi connectivity index (χ1n) is 9.54. The summed E-state index contributed by atoms with van der Waals surface area (Å²) in [5.41, 5.74) is 0.633. The largest absolute Gasteiger partial charge is 0.508 e. The van der Waals surface area contributed by atoms with Crippen LogP contribution in [-0.2, 0) is 6.61 Å². The maximum absolute atomic E-state index is 10.6. The van der Waals surface area contributed by atoms with Crippen molar-refractivity contribution in [3.8, 4) is 40.2 Å². The molecule has 168 valence electrons. The lowest BCUT2D eigenvalue weighted by molar-refractivity contribution is -0.0711. The lowest BCUT2D eigenvalue weighted by atomic mass is 9.91. The van der Waals surface area contributed by atoms with E-state index in [9.17, 15) is 30.6 Å². The number of phenols is 4. The molecule has 2 aromatic carbocycles. The molecule has 0 saturated carbocycles. The number of phenolic OH excluding ortho intramolecular Hbond substituents is 4. The number of aromatic hydroxyl groups is 4. The molecule has 1 aromatic heterocycles. The molecule has 0 bridgehead atoms. The Morgan fingerprint density at radius 3 is 2.47 bits per heavy atom. The highest BCUT2D eigenvalue weighted by Crippen LogP contribution is 2.48. The molecule has 4 rings (SSSR count). The van der Waals surface area contributed by atoms with Crippen LogP contribution in [-0.4, -0.2) is 48.8 Å². The van der Waals surface area contributed by atoms with Gasteiger partial charge in [0.05, 0.1) is 24.6 Å². The normalized spacial score (nSPS) is 19.7. The summed E-state index contributed by atoms with van der Waals surface area (Å²) in [6.07, 6.45) is -2.76. The molecule has 0 saturated heterocycles. The third-order valence-corrected chi connectivity index (χ3v) is 5.10. The Labute approximate surface area is 182 Å². The van der Waals surface area contributed by atoms with Crippen LogP contribution < -0.4 is 14.2 Å². The highest BCUT2D eigenvalue weighted by atomic mass is 16.5. The third kappa shape index (κ3) is 3.88. The zero-order chi connectivity index (χ0) is 23.0. The van der Waals surface area contributed by atoms with Crippen LogP contribution in [0.15, 0.2) is 42.6 Å². The Kier molecular flexibility index (Phi) is 5.56. The molecule has 10 heteroatoms. The summed E-state index contributed by atoms with van der Waals surface area (Å²) >= 11 is 0. The standard InChI is InChI=1S/C22H21NO9/c1-30-13-3-2-11(23-8-13)9-31-17-5-10(4-15(26)19(17)27)22-21(29)20(28)18-14(25)6-12(24)7-16(18)32-22/h2-8,20-22,24-29H,9H2,1H3. The van der Waals surface area contributed by atoms with E-state index in [-0.39, 0.29) is 35.0 Å². The smallest absolute Gasteiger partial charge is 0.200 e. The Bertz CT molecular complexity index is 1130. The quantitative estimate of drug-likeness (QED) is 0.322. The van der Waals surface area contributed by atoms with Gasteiger partial charge in [0.2, 0.25) is 5.75 Å². The van der Waals surface area contributed by atoms with Gasteiger partial charge < -0.3 is 44.8 Å². The SMILES string of the molecule is COc1ccc(COc2cc(C3Oc4cc(O)cc(O)c4C(O)C3O)cc(O)c2O)nc1. The lowest BCUT2D eigenvalue weighted by Crippen LogP contribution is -2.34. The Hall–Kier alpha value is -3.89. The van der Waals surface area contributed by atoms with Crippen LogP contribution in [0.5, 0.6) is 40.2 Å². The van der Waals surface area contributed by atoms with Crippen molar-refractivity contribution in [1.29, 1.82) is 0 Å². The number of pyridine rings is 1. The topological polar surface area (TPSA) is 162 Å². The number of ether oxygens (including phenoxy) is 3. The second-order valence-corrected chi connectivity index (χ2v) is 7.22. The molecule has 0 amide bonds. The molecular weight excluding hydrogens is 422 g/mol. The van der Waals surface area contributed by atoms with Crippen LogP contribution in [0.25, 0.3) is 0 Å². The van der Waals surface area contributed by atoms with Crippen LogP contribution in [0.4, 0.5) is 0 Å². The van der Waals surface area contributed by atoms with Crippen LogP contribution >= 0.6 is 0 Å². The molecule has 32 heavy (non-hydrogen) atoms. The van der Waals surface area contributed by atoms with Gasteiger partial charge >= 0.3 is 0 Å². The van der Waals surface area contributed by atoms with Gasteiger partial charge in [0.1, 0.15) is 41.8 Å². The molecule has 10 nitrogen and oxygen atoms in total. The van der Waals surface area contributed by atoms with E-state index in [1.807, 2.05) is 0 Å². The summed E-state index contributed by atoms with van der Waals surface area (Å²) in [5.74, 6) is -1.37. The number of hydrogen-bond donors (Lipinski definition) is 6. The van der Waals surface area contributed by atoms with Crippen molar-refractivity contribution in [3.63, 3.8) is 0 Å². The van der Waals surface area contributed by atoms with Crippen molar-refractivity contribution >= 4 is 0 Å². The number of benzene rings is 2. The summed E-state index contributed by atoms with van der Waals surface area (Å²) in [5, 5.41) is 61.2. The predicted molar refractivity (Wildman–Crippen MR) is 109 cm³/mol. The summed E-state index contributed by atoms with van der Waals surface area (Å²) in [6, 6.07) is 8.05. The first-order valence-corrected chi connectivity index (χ1v) is 9.54. The van der Waals surface area contributed by atoms with Gasteiger partial charge in [0, 0.05) is 17.7 Å². The number of rotatable bonds is 5. The van der Waals surface area contributed by atoms with Gasteiger partial charge in [-0.3, -0.25) is 4.98 Å². The average Bonchev–Trinajstić information content (AvgIpc) is 2.77. The van der Waals surface area contributed by atoms with Crippen molar-refractivity contribution in [1.82, 2.24) is 4.98 Å². The van der Waals surface area contributed by atoms with Crippen LogP contribution in [0.3, 0.4) is 0 Å². The zero-order valence-corrected chi connectivity index (χ0v) is 16.8. The Morgan fingerprint density at radius 2 is 1.78 bits per heavy atom. The molecule has 1 aliphatic heterocycles. The number of fused-ring (bicyclic) bond motifs is 1. The van der Waals surface area contributed by atoms with Crippen LogP contribution in [0.2, 0.25) is 0 Å². The lowest BCUT2D eigenvalue weighted by Gasteiger charge is -2.35. The molecule has 2 heterocycles. The highest BCUT2D eigenvalue weighted by molar-refractivity contribution is 5.55. The van der Waals surface area contributed by atoms with Gasteiger partial charge in [-0.05, 0) is 24.3 Å². The van der Waals surface area contributed by atoms with E-state index in [1.165, 1.54) is 25.4 Å². The van der Waals surface area contributed by atoms with Crippen LogP contribution in [0, 0.1) is 0 Å². The third-order valence-electron chi connectivity index (χ3n) is 5.10. The minimum Gasteiger partial charge on any atom is -0.508 e. The van der Waals surface area contributed by atoms with E-state index < -0.39 is 35.6 Å². The van der Waals surface area contributed by atoms with Crippen molar-refractivity contribution < 1.29 is 44.8 Å². The fourth-order valence-electron chi connectivity index (χ4n) is 3.46. The van der Waals surface area contributed by atoms with E-state index in [0.29, 0.717) is 11.4 Å². The van der Waals surface area contributed by atoms with E-state index in [4.69, 9.17) is 14.2 Å². The first-order chi connectivity index (χ1) is 15.3. The summed E-state index contributed by atoms with van der Waals surface area (Å²) < 4.78 is 16.3. The summed E-state index contributed by atoms with van der Waals surface area (Å²) in [4.78, 5) is 4.15. The van der Waals surface area contributed by atoms with E-state index in [0.717, 1.165) is 12.1 Å².